The summed E-state index contributed by atoms with van der Waals surface area (Å²) in [7, 11) is -2.40. The Kier molecular flexibility index (Phi) is 7.42. The van der Waals surface area contributed by atoms with Gasteiger partial charge < -0.3 is 9.47 Å². The summed E-state index contributed by atoms with van der Waals surface area (Å²) in [5, 5.41) is 0. The predicted molar refractivity (Wildman–Crippen MR) is 108 cm³/mol. The van der Waals surface area contributed by atoms with E-state index in [0.29, 0.717) is 6.79 Å². The SMILES string of the molecule is CC(C)(OCOCC[Si](C)(C)C)c1ccc(C#C[Si](C)(C)C)cn1. The van der Waals surface area contributed by atoms with E-state index < -0.39 is 21.7 Å². The van der Waals surface area contributed by atoms with Gasteiger partial charge in [-0.1, -0.05) is 45.2 Å². The Morgan fingerprint density at radius 1 is 1.08 bits per heavy atom. The number of hydrogen-bond donors (Lipinski definition) is 0. The lowest BCUT2D eigenvalue weighted by molar-refractivity contribution is -0.130. The van der Waals surface area contributed by atoms with E-state index in [1.807, 2.05) is 32.2 Å². The Morgan fingerprint density at radius 2 is 1.75 bits per heavy atom. The van der Waals surface area contributed by atoms with E-state index in [0.717, 1.165) is 23.9 Å². The molecule has 0 aromatic carbocycles. The fourth-order valence-corrected chi connectivity index (χ4v) is 3.06. The Hall–Kier alpha value is -0.936. The summed E-state index contributed by atoms with van der Waals surface area (Å²) in [6.07, 6.45) is 1.83. The molecule has 1 aromatic heterocycles. The molecule has 1 rings (SSSR count). The fraction of sp³-hybridized carbons (Fsp3) is 0.632. The minimum Gasteiger partial charge on any atom is -0.356 e. The van der Waals surface area contributed by atoms with E-state index in [1.54, 1.807) is 0 Å². The van der Waals surface area contributed by atoms with E-state index >= 15 is 0 Å². The highest BCUT2D eigenvalue weighted by Crippen LogP contribution is 2.22. The number of rotatable bonds is 7. The molecule has 0 radical (unpaired) electrons. The molecule has 0 N–H and O–H groups in total. The van der Waals surface area contributed by atoms with Crippen molar-refractivity contribution in [2.75, 3.05) is 13.4 Å². The van der Waals surface area contributed by atoms with Gasteiger partial charge in [0.05, 0.1) is 5.69 Å². The van der Waals surface area contributed by atoms with Crippen molar-refractivity contribution in [1.29, 1.82) is 0 Å². The summed E-state index contributed by atoms with van der Waals surface area (Å²) < 4.78 is 11.5. The van der Waals surface area contributed by atoms with Crippen molar-refractivity contribution < 1.29 is 9.47 Å². The molecule has 0 fully saturated rings. The molecule has 0 atom stereocenters. The molecule has 0 spiro atoms. The van der Waals surface area contributed by atoms with E-state index in [2.05, 4.69) is 55.7 Å². The first-order valence-electron chi connectivity index (χ1n) is 8.60. The quantitative estimate of drug-likeness (QED) is 0.299. The van der Waals surface area contributed by atoms with Gasteiger partial charge in [-0.05, 0) is 32.0 Å². The van der Waals surface area contributed by atoms with Gasteiger partial charge in [0.2, 0.25) is 0 Å². The summed E-state index contributed by atoms with van der Waals surface area (Å²) in [5.74, 6) is 3.22. The zero-order chi connectivity index (χ0) is 18.4. The second-order valence-electron chi connectivity index (χ2n) is 8.92. The van der Waals surface area contributed by atoms with Crippen molar-refractivity contribution in [3.8, 4) is 11.5 Å². The van der Waals surface area contributed by atoms with Crippen LogP contribution in [0, 0.1) is 11.5 Å². The molecular formula is C19H33NO2Si2. The van der Waals surface area contributed by atoms with Crippen LogP contribution in [0.2, 0.25) is 45.3 Å². The molecule has 0 amide bonds. The maximum absolute atomic E-state index is 5.89. The lowest BCUT2D eigenvalue weighted by Gasteiger charge is -2.25. The van der Waals surface area contributed by atoms with Crippen LogP contribution in [0.1, 0.15) is 25.1 Å². The van der Waals surface area contributed by atoms with Crippen LogP contribution in [-0.4, -0.2) is 34.5 Å². The van der Waals surface area contributed by atoms with Crippen molar-refractivity contribution in [2.24, 2.45) is 0 Å². The number of hydrogen-bond acceptors (Lipinski definition) is 3. The maximum atomic E-state index is 5.89. The highest BCUT2D eigenvalue weighted by molar-refractivity contribution is 6.83. The van der Waals surface area contributed by atoms with Crippen LogP contribution in [-0.2, 0) is 15.1 Å². The number of pyridine rings is 1. The Morgan fingerprint density at radius 3 is 2.25 bits per heavy atom. The lowest BCUT2D eigenvalue weighted by atomic mass is 10.0. The minimum absolute atomic E-state index is 0.302. The molecule has 0 aliphatic rings. The smallest absolute Gasteiger partial charge is 0.147 e. The van der Waals surface area contributed by atoms with Crippen LogP contribution in [0.5, 0.6) is 0 Å². The van der Waals surface area contributed by atoms with Crippen molar-refractivity contribution in [3.63, 3.8) is 0 Å². The van der Waals surface area contributed by atoms with Gasteiger partial charge in [0, 0.05) is 26.4 Å². The third kappa shape index (κ3) is 8.79. The van der Waals surface area contributed by atoms with Crippen LogP contribution in [0.25, 0.3) is 0 Å². The number of ether oxygens (including phenoxy) is 2. The molecular weight excluding hydrogens is 330 g/mol. The first-order chi connectivity index (χ1) is 10.9. The summed E-state index contributed by atoms with van der Waals surface area (Å²) >= 11 is 0. The second-order valence-corrected chi connectivity index (χ2v) is 19.3. The van der Waals surface area contributed by atoms with Crippen LogP contribution in [0.15, 0.2) is 18.3 Å². The van der Waals surface area contributed by atoms with Gasteiger partial charge in [-0.2, -0.15) is 0 Å². The minimum atomic E-state index is -1.36. The molecule has 134 valence electrons. The molecule has 3 nitrogen and oxygen atoms in total. The predicted octanol–water partition coefficient (Wildman–Crippen LogP) is 4.87. The fourth-order valence-electron chi connectivity index (χ4n) is 1.78. The topological polar surface area (TPSA) is 31.4 Å². The molecule has 0 aliphatic carbocycles. The zero-order valence-electron chi connectivity index (χ0n) is 16.6. The first-order valence-corrected chi connectivity index (χ1v) is 15.8. The van der Waals surface area contributed by atoms with Crippen LogP contribution in [0.3, 0.4) is 0 Å². The van der Waals surface area contributed by atoms with E-state index in [1.165, 1.54) is 0 Å². The Balaban J connectivity index is 2.56. The largest absolute Gasteiger partial charge is 0.356 e. The molecule has 0 aliphatic heterocycles. The van der Waals surface area contributed by atoms with Crippen LogP contribution < -0.4 is 0 Å². The molecule has 1 heterocycles. The summed E-state index contributed by atoms with van der Waals surface area (Å²) in [6.45, 7) is 18.9. The molecule has 0 unspecified atom stereocenters. The van der Waals surface area contributed by atoms with Crippen molar-refractivity contribution >= 4 is 16.1 Å². The highest BCUT2D eigenvalue weighted by Gasteiger charge is 2.23. The van der Waals surface area contributed by atoms with Gasteiger partial charge in [0.15, 0.2) is 0 Å². The van der Waals surface area contributed by atoms with Crippen LogP contribution >= 0.6 is 0 Å². The van der Waals surface area contributed by atoms with Crippen LogP contribution in [0.4, 0.5) is 0 Å². The highest BCUT2D eigenvalue weighted by atomic mass is 28.3. The molecule has 0 saturated carbocycles. The molecule has 0 bridgehead atoms. The average molecular weight is 364 g/mol. The van der Waals surface area contributed by atoms with Gasteiger partial charge in [-0.15, -0.1) is 5.54 Å². The zero-order valence-corrected chi connectivity index (χ0v) is 18.6. The molecule has 0 saturated heterocycles. The lowest BCUT2D eigenvalue weighted by Crippen LogP contribution is -2.26. The van der Waals surface area contributed by atoms with Gasteiger partial charge in [-0.3, -0.25) is 4.98 Å². The van der Waals surface area contributed by atoms with E-state index in [9.17, 15) is 0 Å². The van der Waals surface area contributed by atoms with Crippen molar-refractivity contribution in [1.82, 2.24) is 4.98 Å². The van der Waals surface area contributed by atoms with Gasteiger partial charge in [0.25, 0.3) is 0 Å². The summed E-state index contributed by atoms with van der Waals surface area (Å²) in [5.41, 5.74) is 4.75. The van der Waals surface area contributed by atoms with Crippen molar-refractivity contribution in [3.05, 3.63) is 29.6 Å². The Labute approximate surface area is 150 Å². The standard InChI is InChI=1S/C19H33NO2Si2/c1-19(2,22-16-21-12-14-24(6,7)8)18-10-9-17(15-20-18)11-13-23(3,4)5/h9-10,15H,12,14,16H2,1-8H3. The van der Waals surface area contributed by atoms with E-state index in [4.69, 9.17) is 9.47 Å². The monoisotopic (exact) mass is 363 g/mol. The van der Waals surface area contributed by atoms with Gasteiger partial charge >= 0.3 is 0 Å². The third-order valence-electron chi connectivity index (χ3n) is 3.46. The van der Waals surface area contributed by atoms with Crippen molar-refractivity contribution in [2.45, 2.75) is 64.8 Å². The Bertz CT molecular complexity index is 573. The molecule has 24 heavy (non-hydrogen) atoms. The average Bonchev–Trinajstić information content (AvgIpc) is 2.43. The summed E-state index contributed by atoms with van der Waals surface area (Å²) in [6, 6.07) is 5.17. The molecule has 5 heteroatoms. The first kappa shape index (κ1) is 21.1. The normalized spacial score (nSPS) is 12.7. The molecule has 1 aromatic rings. The number of aromatic nitrogens is 1. The number of nitrogens with zero attached hydrogens (tertiary/aromatic N) is 1. The summed E-state index contributed by atoms with van der Waals surface area (Å²) in [4.78, 5) is 4.53. The van der Waals surface area contributed by atoms with Gasteiger partial charge in [0.1, 0.15) is 20.5 Å². The maximum Gasteiger partial charge on any atom is 0.147 e. The van der Waals surface area contributed by atoms with E-state index in [-0.39, 0.29) is 0 Å². The third-order valence-corrected chi connectivity index (χ3v) is 6.04. The van der Waals surface area contributed by atoms with Gasteiger partial charge in [-0.25, -0.2) is 0 Å². The second kappa shape index (κ2) is 8.44.